The molecule has 20 heavy (non-hydrogen) atoms. The van der Waals surface area contributed by atoms with Gasteiger partial charge in [0.25, 0.3) is 0 Å². The van der Waals surface area contributed by atoms with Crippen LogP contribution in [0.5, 0.6) is 0 Å². The van der Waals surface area contributed by atoms with E-state index in [0.717, 1.165) is 16.5 Å². The van der Waals surface area contributed by atoms with E-state index >= 15 is 0 Å². The molecule has 2 aromatic heterocycles. The highest BCUT2D eigenvalue weighted by molar-refractivity contribution is 6.31. The second-order valence-electron chi connectivity index (χ2n) is 4.43. The molecule has 0 amide bonds. The topological polar surface area (TPSA) is 63.8 Å². The monoisotopic (exact) mass is 284 g/mol. The molecule has 100 valence electrons. The molecule has 0 saturated carbocycles. The van der Waals surface area contributed by atoms with E-state index in [9.17, 15) is 0 Å². The molecule has 0 saturated heterocycles. The minimum atomic E-state index is -0.291. The van der Waals surface area contributed by atoms with Gasteiger partial charge >= 0.3 is 0 Å². The quantitative estimate of drug-likeness (QED) is 0.573. The summed E-state index contributed by atoms with van der Waals surface area (Å²) < 4.78 is 0. The highest BCUT2D eigenvalue weighted by Crippen LogP contribution is 2.26. The Labute approximate surface area is 121 Å². The van der Waals surface area contributed by atoms with Gasteiger partial charge in [-0.1, -0.05) is 29.8 Å². The number of hydrogen-bond acceptors (Lipinski definition) is 4. The number of aromatic nitrogens is 2. The number of hydrazine groups is 1. The van der Waals surface area contributed by atoms with Crippen LogP contribution in [0.4, 0.5) is 0 Å². The number of rotatable bonds is 3. The molecule has 0 aliphatic heterocycles. The molecule has 1 unspecified atom stereocenters. The van der Waals surface area contributed by atoms with Crippen LogP contribution in [0.3, 0.4) is 0 Å². The van der Waals surface area contributed by atoms with Crippen LogP contribution in [0.15, 0.2) is 54.9 Å². The number of hydrogen-bond donors (Lipinski definition) is 2. The summed E-state index contributed by atoms with van der Waals surface area (Å²) in [4.78, 5) is 8.74. The van der Waals surface area contributed by atoms with Crippen LogP contribution in [-0.4, -0.2) is 9.97 Å². The molecule has 0 fully saturated rings. The highest BCUT2D eigenvalue weighted by atomic mass is 35.5. The van der Waals surface area contributed by atoms with Gasteiger partial charge in [0.05, 0.1) is 22.3 Å². The number of benzene rings is 1. The summed E-state index contributed by atoms with van der Waals surface area (Å²) >= 11 is 6.19. The lowest BCUT2D eigenvalue weighted by atomic mass is 10.0. The molecule has 1 atom stereocenters. The zero-order valence-corrected chi connectivity index (χ0v) is 11.4. The fourth-order valence-corrected chi connectivity index (χ4v) is 2.42. The number of halogens is 1. The molecule has 3 N–H and O–H groups in total. The Kier molecular flexibility index (Phi) is 3.60. The van der Waals surface area contributed by atoms with E-state index in [1.807, 2.05) is 30.3 Å². The normalized spacial score (nSPS) is 12.5. The summed E-state index contributed by atoms with van der Waals surface area (Å²) in [5.74, 6) is 5.67. The first kappa shape index (κ1) is 13.0. The first-order valence-electron chi connectivity index (χ1n) is 6.21. The van der Waals surface area contributed by atoms with E-state index in [4.69, 9.17) is 17.4 Å². The number of para-hydroxylation sites is 1. The zero-order chi connectivity index (χ0) is 13.9. The van der Waals surface area contributed by atoms with Crippen molar-refractivity contribution in [2.45, 2.75) is 6.04 Å². The molecule has 3 rings (SSSR count). The molecule has 3 aromatic rings. The van der Waals surface area contributed by atoms with Gasteiger partial charge in [-0.3, -0.25) is 15.8 Å². The minimum Gasteiger partial charge on any atom is -0.271 e. The molecule has 5 heteroatoms. The lowest BCUT2D eigenvalue weighted by Gasteiger charge is -2.17. The maximum Gasteiger partial charge on any atom is 0.0911 e. The van der Waals surface area contributed by atoms with Gasteiger partial charge in [-0.05, 0) is 29.8 Å². The van der Waals surface area contributed by atoms with Crippen LogP contribution < -0.4 is 11.3 Å². The number of nitrogens with one attached hydrogen (secondary N) is 1. The summed E-state index contributed by atoms with van der Waals surface area (Å²) in [6.45, 7) is 0. The third kappa shape index (κ3) is 2.36. The van der Waals surface area contributed by atoms with Crippen LogP contribution in [0, 0.1) is 0 Å². The first-order valence-corrected chi connectivity index (χ1v) is 6.58. The van der Waals surface area contributed by atoms with Gasteiger partial charge in [0.2, 0.25) is 0 Å². The molecule has 0 radical (unpaired) electrons. The number of fused-ring (bicyclic) bond motifs is 1. The van der Waals surface area contributed by atoms with Gasteiger partial charge in [0.1, 0.15) is 0 Å². The minimum absolute atomic E-state index is 0.291. The molecule has 0 aliphatic carbocycles. The summed E-state index contributed by atoms with van der Waals surface area (Å²) in [6.07, 6.45) is 3.48. The fourth-order valence-electron chi connectivity index (χ4n) is 2.19. The molecule has 0 bridgehead atoms. The number of nitrogens with two attached hydrogens (primary N) is 1. The molecular weight excluding hydrogens is 272 g/mol. The van der Waals surface area contributed by atoms with Crippen molar-refractivity contribution in [3.63, 3.8) is 0 Å². The van der Waals surface area contributed by atoms with Crippen LogP contribution in [0.1, 0.15) is 17.3 Å². The van der Waals surface area contributed by atoms with Crippen molar-refractivity contribution in [1.82, 2.24) is 15.4 Å². The van der Waals surface area contributed by atoms with E-state index in [0.29, 0.717) is 10.7 Å². The Morgan fingerprint density at radius 3 is 2.75 bits per heavy atom. The Morgan fingerprint density at radius 1 is 1.10 bits per heavy atom. The van der Waals surface area contributed by atoms with Crippen molar-refractivity contribution in [2.24, 2.45) is 5.84 Å². The summed E-state index contributed by atoms with van der Waals surface area (Å²) in [5.41, 5.74) is 5.31. The van der Waals surface area contributed by atoms with E-state index in [2.05, 4.69) is 15.4 Å². The average Bonchev–Trinajstić information content (AvgIpc) is 2.50. The Bertz CT molecular complexity index is 745. The predicted octanol–water partition coefficient (Wildman–Crippen LogP) is 2.84. The van der Waals surface area contributed by atoms with Gasteiger partial charge in [0, 0.05) is 17.8 Å². The van der Waals surface area contributed by atoms with Crippen LogP contribution in [-0.2, 0) is 0 Å². The summed E-state index contributed by atoms with van der Waals surface area (Å²) in [5, 5.41) is 1.63. The second kappa shape index (κ2) is 5.54. The van der Waals surface area contributed by atoms with Crippen LogP contribution in [0.2, 0.25) is 5.02 Å². The lowest BCUT2D eigenvalue weighted by Crippen LogP contribution is -2.29. The molecule has 0 spiro atoms. The van der Waals surface area contributed by atoms with Gasteiger partial charge < -0.3 is 0 Å². The zero-order valence-electron chi connectivity index (χ0n) is 10.6. The summed E-state index contributed by atoms with van der Waals surface area (Å²) in [7, 11) is 0. The first-order chi connectivity index (χ1) is 9.79. The average molecular weight is 285 g/mol. The predicted molar refractivity (Wildman–Crippen MR) is 80.2 cm³/mol. The maximum absolute atomic E-state index is 6.19. The van der Waals surface area contributed by atoms with Gasteiger partial charge in [-0.15, -0.1) is 0 Å². The highest BCUT2D eigenvalue weighted by Gasteiger charge is 2.17. The third-order valence-corrected chi connectivity index (χ3v) is 3.49. The van der Waals surface area contributed by atoms with Crippen molar-refractivity contribution >= 4 is 22.5 Å². The number of nitrogens with zero attached hydrogens (tertiary/aromatic N) is 2. The third-order valence-electron chi connectivity index (χ3n) is 3.17. The van der Waals surface area contributed by atoms with Crippen molar-refractivity contribution in [2.75, 3.05) is 0 Å². The van der Waals surface area contributed by atoms with Crippen molar-refractivity contribution in [3.05, 3.63) is 71.1 Å². The summed E-state index contributed by atoms with van der Waals surface area (Å²) in [6, 6.07) is 13.3. The van der Waals surface area contributed by atoms with E-state index < -0.39 is 0 Å². The second-order valence-corrected chi connectivity index (χ2v) is 4.84. The fraction of sp³-hybridized carbons (Fsp3) is 0.0667. The molecule has 1 aromatic carbocycles. The lowest BCUT2D eigenvalue weighted by molar-refractivity contribution is 0.620. The van der Waals surface area contributed by atoms with E-state index in [1.54, 1.807) is 24.5 Å². The van der Waals surface area contributed by atoms with Gasteiger partial charge in [-0.25, -0.2) is 5.43 Å². The maximum atomic E-state index is 6.19. The molecule has 4 nitrogen and oxygen atoms in total. The van der Waals surface area contributed by atoms with E-state index in [1.165, 1.54) is 0 Å². The number of pyridine rings is 2. The van der Waals surface area contributed by atoms with Crippen molar-refractivity contribution < 1.29 is 0 Å². The standard InChI is InChI=1S/C15H13ClN4/c16-12-5-3-7-18-15(12)14(20-17)11-8-10-4-1-2-6-13(10)19-9-11/h1-9,14,20H,17H2. The molecule has 2 heterocycles. The molecule has 0 aliphatic rings. The van der Waals surface area contributed by atoms with Crippen LogP contribution in [0.25, 0.3) is 10.9 Å². The Hall–Kier alpha value is -2.01. The van der Waals surface area contributed by atoms with Gasteiger partial charge in [-0.2, -0.15) is 0 Å². The van der Waals surface area contributed by atoms with E-state index in [-0.39, 0.29) is 6.04 Å². The smallest absolute Gasteiger partial charge is 0.0911 e. The van der Waals surface area contributed by atoms with Crippen molar-refractivity contribution in [3.8, 4) is 0 Å². The van der Waals surface area contributed by atoms with Crippen LogP contribution >= 0.6 is 11.6 Å². The Morgan fingerprint density at radius 2 is 1.95 bits per heavy atom. The molecular formula is C15H13ClN4. The Balaban J connectivity index is 2.10. The largest absolute Gasteiger partial charge is 0.271 e. The van der Waals surface area contributed by atoms with Gasteiger partial charge in [0.15, 0.2) is 0 Å². The SMILES string of the molecule is NNC(c1cnc2ccccc2c1)c1ncccc1Cl. The van der Waals surface area contributed by atoms with Crippen molar-refractivity contribution in [1.29, 1.82) is 0 Å².